The van der Waals surface area contributed by atoms with Gasteiger partial charge >= 0.3 is 0 Å². The number of nitrogens with one attached hydrogen (secondary N) is 1. The predicted octanol–water partition coefficient (Wildman–Crippen LogP) is 15.7. The van der Waals surface area contributed by atoms with Gasteiger partial charge in [-0.15, -0.1) is 0 Å². The van der Waals surface area contributed by atoms with Crippen LogP contribution in [0.15, 0.2) is 85.1 Å². The number of rotatable bonds is 69. The summed E-state index contributed by atoms with van der Waals surface area (Å²) in [5, 5.41) is 121. The molecule has 107 heavy (non-hydrogen) atoms. The van der Waals surface area contributed by atoms with Gasteiger partial charge in [-0.2, -0.15) is 0 Å². The number of aliphatic hydroxyl groups is 11. The summed E-state index contributed by atoms with van der Waals surface area (Å²) in [7, 11) is 0. The first-order valence-electron chi connectivity index (χ1n) is 43.3. The van der Waals surface area contributed by atoms with Crippen molar-refractivity contribution in [3.8, 4) is 0 Å². The van der Waals surface area contributed by atoms with Crippen molar-refractivity contribution in [3.63, 3.8) is 0 Å². The molecule has 1 amide bonds. The van der Waals surface area contributed by atoms with Crippen LogP contribution in [0.3, 0.4) is 0 Å². The lowest BCUT2D eigenvalue weighted by atomic mass is 9.96. The molecule has 12 N–H and O–H groups in total. The van der Waals surface area contributed by atoms with Gasteiger partial charge in [0.25, 0.3) is 0 Å². The lowest BCUT2D eigenvalue weighted by Gasteiger charge is -2.48. The molecule has 0 saturated carbocycles. The summed E-state index contributed by atoms with van der Waals surface area (Å²) in [4.78, 5) is 13.5. The van der Waals surface area contributed by atoms with Crippen LogP contribution in [-0.4, -0.2) is 193 Å². The molecule has 622 valence electrons. The number of unbranched alkanes of at least 4 members (excludes halogenated alkanes) is 41. The van der Waals surface area contributed by atoms with E-state index in [9.17, 15) is 61.0 Å². The molecule has 0 aromatic rings. The van der Waals surface area contributed by atoms with Crippen molar-refractivity contribution in [1.82, 2.24) is 5.32 Å². The monoisotopic (exact) mass is 1520 g/mol. The van der Waals surface area contributed by atoms with Gasteiger partial charge in [-0.05, 0) is 77.0 Å². The molecule has 3 fully saturated rings. The third kappa shape index (κ3) is 46.7. The number of ether oxygens (including phenoxy) is 6. The van der Waals surface area contributed by atoms with Crippen molar-refractivity contribution in [2.75, 3.05) is 26.4 Å². The van der Waals surface area contributed by atoms with Crippen LogP contribution in [-0.2, 0) is 33.2 Å². The van der Waals surface area contributed by atoms with Gasteiger partial charge in [0.05, 0.1) is 38.6 Å². The minimum atomic E-state index is -1.99. The SMILES string of the molecule is CC/C=C\C/C=C\C/C=C\C/C=C\C/C=C\CCCCCCCCCCCCCCCC(=O)NC(COC1OC(CO)C(OC2OC(CO)C(OC3OC(CO)C(O)C(O)C3O)C(O)C2O)C(O)C1O)C(O)/C=C/CC/C=C/CCCCCCCCCCCCCCCCCCCCCCCCCCCCC. The summed E-state index contributed by atoms with van der Waals surface area (Å²) in [6.45, 7) is 1.64. The standard InChI is InChI=1S/C88H157NO18/c1-3-5-7-9-11-13-15-17-19-21-23-25-27-29-31-33-34-35-36-38-39-41-43-45-47-49-51-53-55-57-59-61-63-65-72(93)71(89-76(94)66-64-62-60-58-56-54-52-50-48-46-44-42-40-37-32-30-28-26-24-22-20-18-16-14-12-10-8-6-4-2)70-102-86-82(100)79(97)84(74(68-91)104-86)107-88-83(101)80(98)85(75(69-92)105-88)106-87-81(99)78(96)77(95)73(67-90)103-87/h6,8,12,14,18,20,24,26,30,32,55,57,63,65,71-75,77-88,90-93,95-101H,3-5,7,9-11,13,15-17,19,21-23,25,27-29,31,33-54,56,58-62,64,66-70H2,1-2H3,(H,89,94)/b8-6-,14-12-,20-18-,26-24-,32-30-,57-55+,65-63+. The highest BCUT2D eigenvalue weighted by Gasteiger charge is 2.54. The van der Waals surface area contributed by atoms with E-state index in [1.165, 1.54) is 218 Å². The van der Waals surface area contributed by atoms with E-state index >= 15 is 0 Å². The van der Waals surface area contributed by atoms with Crippen molar-refractivity contribution in [3.05, 3.63) is 85.1 Å². The van der Waals surface area contributed by atoms with E-state index in [1.54, 1.807) is 6.08 Å². The van der Waals surface area contributed by atoms with Crippen LogP contribution in [0.5, 0.6) is 0 Å². The number of allylic oxidation sites excluding steroid dienone is 13. The Kier molecular flexibility index (Phi) is 61.9. The van der Waals surface area contributed by atoms with Gasteiger partial charge in [0, 0.05) is 6.42 Å². The maximum Gasteiger partial charge on any atom is 0.220 e. The minimum absolute atomic E-state index is 0.230. The fraction of sp³-hybridized carbons (Fsp3) is 0.830. The molecule has 3 heterocycles. The van der Waals surface area contributed by atoms with Crippen LogP contribution in [0, 0.1) is 0 Å². The average Bonchev–Trinajstić information content (AvgIpc) is 0.781. The van der Waals surface area contributed by atoms with Gasteiger partial charge in [0.2, 0.25) is 5.91 Å². The van der Waals surface area contributed by atoms with Crippen LogP contribution >= 0.6 is 0 Å². The molecule has 0 bridgehead atoms. The van der Waals surface area contributed by atoms with Gasteiger partial charge in [-0.25, -0.2) is 0 Å². The zero-order valence-electron chi connectivity index (χ0n) is 66.9. The molecule has 3 aliphatic rings. The predicted molar refractivity (Wildman–Crippen MR) is 429 cm³/mol. The smallest absolute Gasteiger partial charge is 0.220 e. The van der Waals surface area contributed by atoms with Crippen LogP contribution in [0.1, 0.15) is 335 Å². The Morgan fingerprint density at radius 1 is 0.346 bits per heavy atom. The Labute approximate surface area is 648 Å². The molecular weight excluding hydrogens is 1360 g/mol. The third-order valence-electron chi connectivity index (χ3n) is 21.2. The summed E-state index contributed by atoms with van der Waals surface area (Å²) in [5.74, 6) is -0.286. The molecule has 0 aliphatic carbocycles. The second kappa shape index (κ2) is 67.5. The van der Waals surface area contributed by atoms with Crippen molar-refractivity contribution in [2.24, 2.45) is 0 Å². The molecule has 17 atom stereocenters. The molecule has 0 radical (unpaired) electrons. The van der Waals surface area contributed by atoms with E-state index in [2.05, 4.69) is 92.1 Å². The molecule has 0 aromatic heterocycles. The second-order valence-corrected chi connectivity index (χ2v) is 30.6. The number of amides is 1. The molecule has 0 spiro atoms. The first-order valence-corrected chi connectivity index (χ1v) is 43.3. The van der Waals surface area contributed by atoms with Gasteiger partial charge in [0.1, 0.15) is 73.2 Å². The van der Waals surface area contributed by atoms with Crippen LogP contribution < -0.4 is 5.32 Å². The quantitative estimate of drug-likeness (QED) is 0.0199. The summed E-state index contributed by atoms with van der Waals surface area (Å²) in [6.07, 6.45) is 64.4. The number of aliphatic hydroxyl groups excluding tert-OH is 11. The van der Waals surface area contributed by atoms with Crippen molar-refractivity contribution in [1.29, 1.82) is 0 Å². The Morgan fingerprint density at radius 3 is 1.05 bits per heavy atom. The van der Waals surface area contributed by atoms with Crippen molar-refractivity contribution < 1.29 is 89.4 Å². The molecule has 3 aliphatic heterocycles. The summed E-state index contributed by atoms with van der Waals surface area (Å²) >= 11 is 0. The highest BCUT2D eigenvalue weighted by Crippen LogP contribution is 2.33. The molecule has 19 nitrogen and oxygen atoms in total. The van der Waals surface area contributed by atoms with E-state index in [0.717, 1.165) is 83.5 Å². The number of hydrogen-bond acceptors (Lipinski definition) is 18. The van der Waals surface area contributed by atoms with Crippen molar-refractivity contribution in [2.45, 2.75) is 439 Å². The molecular formula is C88H157NO18. The fourth-order valence-corrected chi connectivity index (χ4v) is 14.3. The van der Waals surface area contributed by atoms with E-state index in [4.69, 9.17) is 28.4 Å². The number of hydrogen-bond donors (Lipinski definition) is 12. The highest BCUT2D eigenvalue weighted by molar-refractivity contribution is 5.76. The first-order chi connectivity index (χ1) is 52.3. The van der Waals surface area contributed by atoms with Crippen LogP contribution in [0.25, 0.3) is 0 Å². The van der Waals surface area contributed by atoms with Gasteiger partial charge in [-0.3, -0.25) is 4.79 Å². The maximum absolute atomic E-state index is 13.5. The number of carbonyl (C=O) groups excluding carboxylic acids is 1. The van der Waals surface area contributed by atoms with Crippen LogP contribution in [0.4, 0.5) is 0 Å². The second-order valence-electron chi connectivity index (χ2n) is 30.6. The lowest BCUT2D eigenvalue weighted by molar-refractivity contribution is -0.379. The van der Waals surface area contributed by atoms with Gasteiger partial charge in [0.15, 0.2) is 18.9 Å². The van der Waals surface area contributed by atoms with E-state index in [-0.39, 0.29) is 18.9 Å². The molecule has 19 heteroatoms. The zero-order valence-corrected chi connectivity index (χ0v) is 66.9. The Bertz CT molecular complexity index is 2260. The summed E-state index contributed by atoms with van der Waals surface area (Å²) in [5.41, 5.74) is 0. The maximum atomic E-state index is 13.5. The summed E-state index contributed by atoms with van der Waals surface area (Å²) < 4.78 is 34.5. The zero-order chi connectivity index (χ0) is 77.4. The normalized spacial score (nSPS) is 25.9. The first kappa shape index (κ1) is 98.2. The minimum Gasteiger partial charge on any atom is -0.394 e. The molecule has 0 aromatic carbocycles. The van der Waals surface area contributed by atoms with Gasteiger partial charge < -0.3 is 89.9 Å². The largest absolute Gasteiger partial charge is 0.394 e. The molecule has 3 saturated heterocycles. The Hall–Kier alpha value is -3.03. The van der Waals surface area contributed by atoms with E-state index in [1.807, 2.05) is 6.08 Å². The lowest BCUT2D eigenvalue weighted by Crippen LogP contribution is -2.66. The third-order valence-corrected chi connectivity index (χ3v) is 21.2. The average molecular weight is 1520 g/mol. The van der Waals surface area contributed by atoms with Gasteiger partial charge in [-0.1, -0.05) is 336 Å². The van der Waals surface area contributed by atoms with E-state index in [0.29, 0.717) is 12.8 Å². The highest BCUT2D eigenvalue weighted by atomic mass is 16.8. The molecule has 3 rings (SSSR count). The van der Waals surface area contributed by atoms with Crippen LogP contribution in [0.2, 0.25) is 0 Å². The van der Waals surface area contributed by atoms with E-state index < -0.39 is 124 Å². The Balaban J connectivity index is 1.36. The fourth-order valence-electron chi connectivity index (χ4n) is 14.3. The van der Waals surface area contributed by atoms with Crippen molar-refractivity contribution >= 4 is 5.91 Å². The summed E-state index contributed by atoms with van der Waals surface area (Å²) in [6, 6.07) is -0.998. The number of carbonyl (C=O) groups is 1. The topological polar surface area (TPSA) is 307 Å². The Morgan fingerprint density at radius 2 is 0.654 bits per heavy atom. The molecule has 17 unspecified atom stereocenters.